The molecule has 0 saturated carbocycles. The maximum absolute atomic E-state index is 11.9. The van der Waals surface area contributed by atoms with Crippen molar-refractivity contribution in [3.8, 4) is 0 Å². The van der Waals surface area contributed by atoms with Crippen molar-refractivity contribution in [1.29, 1.82) is 0 Å². The minimum Gasteiger partial charge on any atom is -0.441 e. The Bertz CT molecular complexity index is 289. The van der Waals surface area contributed by atoms with Crippen LogP contribution in [-0.4, -0.2) is 17.7 Å². The van der Waals surface area contributed by atoms with E-state index in [0.29, 0.717) is 0 Å². The number of hydrogen-bond donors (Lipinski definition) is 1. The lowest BCUT2D eigenvalue weighted by Crippen LogP contribution is -2.45. The van der Waals surface area contributed by atoms with Crippen molar-refractivity contribution >= 4 is 11.9 Å². The van der Waals surface area contributed by atoms with Gasteiger partial charge in [-0.15, -0.1) is 5.48 Å². The molecule has 1 N–H and O–H groups in total. The molecule has 0 radical (unpaired) electrons. The minimum absolute atomic E-state index is 0.144. The largest absolute Gasteiger partial charge is 0.441 e. The average molecular weight is 273 g/mol. The first-order valence-electron chi connectivity index (χ1n) is 7.02. The van der Waals surface area contributed by atoms with Crippen LogP contribution in [0.2, 0.25) is 0 Å². The van der Waals surface area contributed by atoms with Crippen LogP contribution in [0.5, 0.6) is 0 Å². The molecule has 0 heterocycles. The van der Waals surface area contributed by atoms with Gasteiger partial charge in [0.15, 0.2) is 5.72 Å². The molecule has 112 valence electrons. The monoisotopic (exact) mass is 273 g/mol. The first-order chi connectivity index (χ1) is 8.82. The van der Waals surface area contributed by atoms with Gasteiger partial charge in [0.05, 0.1) is 5.92 Å². The second-order valence-corrected chi connectivity index (χ2v) is 5.26. The molecular formula is C14H27NO4. The molecule has 0 rings (SSSR count). The predicted molar refractivity (Wildman–Crippen MR) is 73.0 cm³/mol. The van der Waals surface area contributed by atoms with E-state index in [9.17, 15) is 9.59 Å². The fourth-order valence-corrected chi connectivity index (χ4v) is 1.44. The van der Waals surface area contributed by atoms with Crippen LogP contribution in [-0.2, 0) is 19.2 Å². The molecule has 5 heteroatoms. The van der Waals surface area contributed by atoms with Crippen LogP contribution < -0.4 is 5.48 Å². The fourth-order valence-electron chi connectivity index (χ4n) is 1.44. The number of rotatable bonds is 9. The first-order valence-corrected chi connectivity index (χ1v) is 7.02. The zero-order valence-corrected chi connectivity index (χ0v) is 12.7. The normalized spacial score (nSPS) is 12.9. The van der Waals surface area contributed by atoms with Crippen molar-refractivity contribution in [2.45, 2.75) is 72.4 Å². The number of nitrogens with one attached hydrogen (secondary N) is 1. The Labute approximate surface area is 116 Å². The highest BCUT2D eigenvalue weighted by Crippen LogP contribution is 2.15. The van der Waals surface area contributed by atoms with Crippen molar-refractivity contribution < 1.29 is 19.2 Å². The molecule has 0 saturated heterocycles. The Morgan fingerprint density at radius 2 is 1.84 bits per heavy atom. The van der Waals surface area contributed by atoms with Gasteiger partial charge in [0.2, 0.25) is 0 Å². The van der Waals surface area contributed by atoms with E-state index in [0.717, 1.165) is 25.7 Å². The highest BCUT2D eigenvalue weighted by molar-refractivity contribution is 5.72. The Kier molecular flexibility index (Phi) is 8.39. The Balaban J connectivity index is 4.09. The third kappa shape index (κ3) is 8.59. The summed E-state index contributed by atoms with van der Waals surface area (Å²) in [5.41, 5.74) is 1.46. The van der Waals surface area contributed by atoms with Crippen molar-refractivity contribution in [2.24, 2.45) is 5.92 Å². The second-order valence-electron chi connectivity index (χ2n) is 5.26. The first kappa shape index (κ1) is 17.9. The highest BCUT2D eigenvalue weighted by Gasteiger charge is 2.26. The summed E-state index contributed by atoms with van der Waals surface area (Å²) in [5, 5.41) is 0. The molecule has 0 bridgehead atoms. The van der Waals surface area contributed by atoms with Crippen LogP contribution in [0.1, 0.15) is 66.7 Å². The van der Waals surface area contributed by atoms with Crippen LogP contribution >= 0.6 is 0 Å². The SMILES string of the molecule is CCCCCC(C)C(=O)OC(C)(C)NOC(=O)CC. The van der Waals surface area contributed by atoms with Crippen molar-refractivity contribution in [3.05, 3.63) is 0 Å². The molecule has 0 aromatic rings. The number of esters is 1. The van der Waals surface area contributed by atoms with E-state index in [1.54, 1.807) is 20.8 Å². The third-order valence-electron chi connectivity index (χ3n) is 2.70. The molecule has 0 aromatic carbocycles. The fraction of sp³-hybridized carbons (Fsp3) is 0.857. The molecule has 0 amide bonds. The summed E-state index contributed by atoms with van der Waals surface area (Å²) in [7, 11) is 0. The smallest absolute Gasteiger partial charge is 0.324 e. The quantitative estimate of drug-likeness (QED) is 0.303. The Hall–Kier alpha value is -1.10. The zero-order valence-electron chi connectivity index (χ0n) is 12.7. The number of carbonyl (C=O) groups is 2. The third-order valence-corrected chi connectivity index (χ3v) is 2.70. The van der Waals surface area contributed by atoms with Crippen molar-refractivity contribution in [2.75, 3.05) is 0 Å². The van der Waals surface area contributed by atoms with E-state index in [-0.39, 0.29) is 24.3 Å². The highest BCUT2D eigenvalue weighted by atomic mass is 16.7. The number of carbonyl (C=O) groups excluding carboxylic acids is 2. The van der Waals surface area contributed by atoms with Gasteiger partial charge in [-0.1, -0.05) is 40.0 Å². The summed E-state index contributed by atoms with van der Waals surface area (Å²) in [6.45, 7) is 8.96. The molecule has 0 aliphatic carbocycles. The lowest BCUT2D eigenvalue weighted by Gasteiger charge is -2.26. The molecule has 0 fully saturated rings. The predicted octanol–water partition coefficient (Wildman–Crippen LogP) is 2.94. The maximum Gasteiger partial charge on any atom is 0.324 e. The summed E-state index contributed by atoms with van der Waals surface area (Å²) < 4.78 is 5.30. The lowest BCUT2D eigenvalue weighted by atomic mass is 10.0. The van der Waals surface area contributed by atoms with Crippen LogP contribution in [0.3, 0.4) is 0 Å². The van der Waals surface area contributed by atoms with Gasteiger partial charge >= 0.3 is 11.9 Å². The summed E-state index contributed by atoms with van der Waals surface area (Å²) in [6.07, 6.45) is 4.35. The van der Waals surface area contributed by atoms with Crippen LogP contribution in [0, 0.1) is 5.92 Å². The van der Waals surface area contributed by atoms with E-state index in [4.69, 9.17) is 9.57 Å². The van der Waals surface area contributed by atoms with E-state index in [1.807, 2.05) is 6.92 Å². The van der Waals surface area contributed by atoms with Gasteiger partial charge in [0.25, 0.3) is 0 Å². The molecule has 0 spiro atoms. The summed E-state index contributed by atoms with van der Waals surface area (Å²) in [6, 6.07) is 0. The molecule has 5 nitrogen and oxygen atoms in total. The van der Waals surface area contributed by atoms with Crippen LogP contribution in [0.25, 0.3) is 0 Å². The van der Waals surface area contributed by atoms with E-state index in [1.165, 1.54) is 0 Å². The molecule has 0 aromatic heterocycles. The zero-order chi connectivity index (χ0) is 14.9. The molecule has 0 aliphatic rings. The van der Waals surface area contributed by atoms with Gasteiger partial charge in [0, 0.05) is 6.42 Å². The summed E-state index contributed by atoms with van der Waals surface area (Å²) in [4.78, 5) is 27.7. The standard InChI is InChI=1S/C14H27NO4/c1-6-8-9-10-11(3)13(17)18-14(4,5)15-19-12(16)7-2/h11,15H,6-10H2,1-5H3. The van der Waals surface area contributed by atoms with Crippen molar-refractivity contribution in [1.82, 2.24) is 5.48 Å². The molecule has 1 atom stereocenters. The second kappa shape index (κ2) is 8.91. The van der Waals surface area contributed by atoms with Crippen LogP contribution in [0.4, 0.5) is 0 Å². The van der Waals surface area contributed by atoms with Gasteiger partial charge in [0.1, 0.15) is 0 Å². The van der Waals surface area contributed by atoms with E-state index in [2.05, 4.69) is 12.4 Å². The average Bonchev–Trinajstić information content (AvgIpc) is 2.35. The van der Waals surface area contributed by atoms with E-state index >= 15 is 0 Å². The number of hydrogen-bond acceptors (Lipinski definition) is 5. The van der Waals surface area contributed by atoms with Crippen LogP contribution in [0.15, 0.2) is 0 Å². The Morgan fingerprint density at radius 3 is 2.37 bits per heavy atom. The summed E-state index contributed by atoms with van der Waals surface area (Å²) in [5.74, 6) is -0.809. The summed E-state index contributed by atoms with van der Waals surface area (Å²) >= 11 is 0. The Morgan fingerprint density at radius 1 is 1.21 bits per heavy atom. The van der Waals surface area contributed by atoms with Gasteiger partial charge in [-0.2, -0.15) is 0 Å². The topological polar surface area (TPSA) is 64.6 Å². The van der Waals surface area contributed by atoms with Gasteiger partial charge in [-0.05, 0) is 20.3 Å². The number of hydroxylamine groups is 1. The van der Waals surface area contributed by atoms with Gasteiger partial charge in [-0.25, -0.2) is 0 Å². The van der Waals surface area contributed by atoms with Gasteiger partial charge < -0.3 is 9.57 Å². The molecular weight excluding hydrogens is 246 g/mol. The minimum atomic E-state index is -1.01. The number of unbranched alkanes of at least 4 members (excludes halogenated alkanes) is 2. The molecule has 1 unspecified atom stereocenters. The molecule has 0 aliphatic heterocycles. The molecule has 19 heavy (non-hydrogen) atoms. The van der Waals surface area contributed by atoms with Crippen molar-refractivity contribution in [3.63, 3.8) is 0 Å². The lowest BCUT2D eigenvalue weighted by molar-refractivity contribution is -0.190. The maximum atomic E-state index is 11.9. The van der Waals surface area contributed by atoms with E-state index < -0.39 is 5.72 Å². The van der Waals surface area contributed by atoms with Gasteiger partial charge in [-0.3, -0.25) is 9.59 Å². The number of ether oxygens (including phenoxy) is 1.